The zero-order valence-corrected chi connectivity index (χ0v) is 11.6. The van der Waals surface area contributed by atoms with Gasteiger partial charge in [-0.3, -0.25) is 4.98 Å². The lowest BCUT2D eigenvalue weighted by Crippen LogP contribution is -2.30. The van der Waals surface area contributed by atoms with Crippen molar-refractivity contribution in [2.75, 3.05) is 7.05 Å². The van der Waals surface area contributed by atoms with Crippen molar-refractivity contribution >= 4 is 0 Å². The molecule has 5 nitrogen and oxygen atoms in total. The summed E-state index contributed by atoms with van der Waals surface area (Å²) in [7, 11) is 1.96. The Bertz CT molecular complexity index is 493. The standard InChI is InChI=1S/C14H20N4O/c1-4-12(15-3)10(2)14-17-13(18-19-14)9-11-5-7-16-8-6-11/h5-8,10,12,15H,4,9H2,1-3H3. The van der Waals surface area contributed by atoms with E-state index in [4.69, 9.17) is 4.52 Å². The number of nitrogens with zero attached hydrogens (tertiary/aromatic N) is 3. The summed E-state index contributed by atoms with van der Waals surface area (Å²) in [5.41, 5.74) is 1.13. The first-order valence-electron chi connectivity index (χ1n) is 6.63. The predicted molar refractivity (Wildman–Crippen MR) is 72.9 cm³/mol. The number of aromatic nitrogens is 3. The summed E-state index contributed by atoms with van der Waals surface area (Å²) < 4.78 is 5.37. The first-order chi connectivity index (χ1) is 9.24. The van der Waals surface area contributed by atoms with Crippen LogP contribution in [0, 0.1) is 0 Å². The second-order valence-electron chi connectivity index (χ2n) is 4.67. The van der Waals surface area contributed by atoms with Crippen LogP contribution in [0.25, 0.3) is 0 Å². The van der Waals surface area contributed by atoms with Gasteiger partial charge in [0.15, 0.2) is 5.82 Å². The van der Waals surface area contributed by atoms with Crippen molar-refractivity contribution in [2.24, 2.45) is 0 Å². The van der Waals surface area contributed by atoms with Gasteiger partial charge in [0.2, 0.25) is 5.89 Å². The summed E-state index contributed by atoms with van der Waals surface area (Å²) in [6, 6.07) is 4.28. The Morgan fingerprint density at radius 2 is 2.05 bits per heavy atom. The number of pyridine rings is 1. The molecular weight excluding hydrogens is 240 g/mol. The van der Waals surface area contributed by atoms with Crippen molar-refractivity contribution in [3.8, 4) is 0 Å². The van der Waals surface area contributed by atoms with Crippen molar-refractivity contribution in [3.63, 3.8) is 0 Å². The quantitative estimate of drug-likeness (QED) is 0.862. The van der Waals surface area contributed by atoms with E-state index in [-0.39, 0.29) is 5.92 Å². The van der Waals surface area contributed by atoms with Gasteiger partial charge in [0.1, 0.15) is 0 Å². The highest BCUT2D eigenvalue weighted by molar-refractivity contribution is 5.15. The first-order valence-corrected chi connectivity index (χ1v) is 6.63. The maximum atomic E-state index is 5.37. The average molecular weight is 260 g/mol. The Kier molecular flexibility index (Phi) is 4.63. The Morgan fingerprint density at radius 1 is 1.32 bits per heavy atom. The summed E-state index contributed by atoms with van der Waals surface area (Å²) in [4.78, 5) is 8.48. The van der Waals surface area contributed by atoms with Crippen molar-refractivity contribution in [2.45, 2.75) is 38.6 Å². The van der Waals surface area contributed by atoms with Gasteiger partial charge in [-0.15, -0.1) is 0 Å². The molecule has 0 saturated carbocycles. The number of likely N-dealkylation sites (N-methyl/N-ethyl adjacent to an activating group) is 1. The summed E-state index contributed by atoms with van der Waals surface area (Å²) in [6.45, 7) is 4.25. The highest BCUT2D eigenvalue weighted by Crippen LogP contribution is 2.19. The van der Waals surface area contributed by atoms with E-state index in [2.05, 4.69) is 34.3 Å². The first kappa shape index (κ1) is 13.7. The Morgan fingerprint density at radius 3 is 2.68 bits per heavy atom. The van der Waals surface area contributed by atoms with Gasteiger partial charge in [0.25, 0.3) is 0 Å². The molecule has 0 bridgehead atoms. The van der Waals surface area contributed by atoms with Crippen LogP contribution in [0.2, 0.25) is 0 Å². The van der Waals surface area contributed by atoms with E-state index in [1.165, 1.54) is 0 Å². The van der Waals surface area contributed by atoms with Gasteiger partial charge in [-0.1, -0.05) is 19.0 Å². The molecule has 2 rings (SSSR count). The van der Waals surface area contributed by atoms with Crippen LogP contribution in [-0.4, -0.2) is 28.2 Å². The third-order valence-electron chi connectivity index (χ3n) is 3.40. The summed E-state index contributed by atoms with van der Waals surface area (Å²) in [5, 5.41) is 7.32. The fraction of sp³-hybridized carbons (Fsp3) is 0.500. The van der Waals surface area contributed by atoms with Crippen LogP contribution >= 0.6 is 0 Å². The summed E-state index contributed by atoms with van der Waals surface area (Å²) >= 11 is 0. The molecular formula is C14H20N4O. The molecule has 2 heterocycles. The number of hydrogen-bond donors (Lipinski definition) is 1. The second kappa shape index (κ2) is 6.43. The van der Waals surface area contributed by atoms with E-state index >= 15 is 0 Å². The minimum atomic E-state index is 0.216. The molecule has 0 aliphatic rings. The monoisotopic (exact) mass is 260 g/mol. The Hall–Kier alpha value is -1.75. The van der Waals surface area contributed by atoms with Crippen LogP contribution < -0.4 is 5.32 Å². The van der Waals surface area contributed by atoms with Gasteiger partial charge in [-0.05, 0) is 31.2 Å². The van der Waals surface area contributed by atoms with Gasteiger partial charge in [-0.25, -0.2) is 0 Å². The van der Waals surface area contributed by atoms with Crippen molar-refractivity contribution in [3.05, 3.63) is 41.8 Å². The molecule has 2 atom stereocenters. The molecule has 5 heteroatoms. The molecule has 0 saturated heterocycles. The smallest absolute Gasteiger partial charge is 0.231 e. The zero-order chi connectivity index (χ0) is 13.7. The average Bonchev–Trinajstić information content (AvgIpc) is 2.89. The largest absolute Gasteiger partial charge is 0.339 e. The molecule has 2 aromatic heterocycles. The fourth-order valence-electron chi connectivity index (χ4n) is 2.19. The van der Waals surface area contributed by atoms with Crippen LogP contribution in [0.5, 0.6) is 0 Å². The van der Waals surface area contributed by atoms with E-state index in [9.17, 15) is 0 Å². The summed E-state index contributed by atoms with van der Waals surface area (Å²) in [6.07, 6.45) is 5.24. The normalized spacial score (nSPS) is 14.3. The Balaban J connectivity index is 2.06. The molecule has 1 N–H and O–H groups in total. The number of hydrogen-bond acceptors (Lipinski definition) is 5. The topological polar surface area (TPSA) is 63.8 Å². The Labute approximate surface area is 113 Å². The van der Waals surface area contributed by atoms with Crippen LogP contribution in [0.15, 0.2) is 29.0 Å². The third kappa shape index (κ3) is 3.38. The molecule has 0 aromatic carbocycles. The lowest BCUT2D eigenvalue weighted by Gasteiger charge is -2.18. The number of nitrogens with one attached hydrogen (secondary N) is 1. The molecule has 0 fully saturated rings. The number of rotatable bonds is 6. The van der Waals surface area contributed by atoms with Gasteiger partial charge in [0.05, 0.1) is 5.92 Å². The molecule has 19 heavy (non-hydrogen) atoms. The molecule has 2 unspecified atom stereocenters. The highest BCUT2D eigenvalue weighted by Gasteiger charge is 2.21. The minimum Gasteiger partial charge on any atom is -0.339 e. The van der Waals surface area contributed by atoms with Gasteiger partial charge in [-0.2, -0.15) is 4.98 Å². The molecule has 0 amide bonds. The maximum Gasteiger partial charge on any atom is 0.231 e. The molecule has 0 aliphatic heterocycles. The van der Waals surface area contributed by atoms with Crippen molar-refractivity contribution < 1.29 is 4.52 Å². The molecule has 102 valence electrons. The molecule has 0 aliphatic carbocycles. The van der Waals surface area contributed by atoms with E-state index < -0.39 is 0 Å². The van der Waals surface area contributed by atoms with Crippen LogP contribution in [0.1, 0.15) is 43.5 Å². The van der Waals surface area contributed by atoms with Crippen LogP contribution in [-0.2, 0) is 6.42 Å². The van der Waals surface area contributed by atoms with E-state index in [1.807, 2.05) is 19.2 Å². The predicted octanol–water partition coefficient (Wildman–Crippen LogP) is 2.16. The van der Waals surface area contributed by atoms with E-state index in [0.717, 1.165) is 17.8 Å². The van der Waals surface area contributed by atoms with Crippen LogP contribution in [0.4, 0.5) is 0 Å². The van der Waals surface area contributed by atoms with Crippen molar-refractivity contribution in [1.29, 1.82) is 0 Å². The third-order valence-corrected chi connectivity index (χ3v) is 3.40. The lowest BCUT2D eigenvalue weighted by molar-refractivity contribution is 0.324. The highest BCUT2D eigenvalue weighted by atomic mass is 16.5. The SMILES string of the molecule is CCC(NC)C(C)c1nc(Cc2ccncc2)no1. The molecule has 0 spiro atoms. The van der Waals surface area contributed by atoms with Crippen molar-refractivity contribution in [1.82, 2.24) is 20.4 Å². The lowest BCUT2D eigenvalue weighted by atomic mass is 10.00. The fourth-order valence-corrected chi connectivity index (χ4v) is 2.19. The second-order valence-corrected chi connectivity index (χ2v) is 4.67. The molecule has 2 aromatic rings. The maximum absolute atomic E-state index is 5.37. The van der Waals surface area contributed by atoms with Gasteiger partial charge < -0.3 is 9.84 Å². The van der Waals surface area contributed by atoms with E-state index in [0.29, 0.717) is 18.4 Å². The minimum absolute atomic E-state index is 0.216. The van der Waals surface area contributed by atoms with Gasteiger partial charge >= 0.3 is 0 Å². The van der Waals surface area contributed by atoms with Gasteiger partial charge in [0, 0.05) is 24.9 Å². The van der Waals surface area contributed by atoms with Crippen LogP contribution in [0.3, 0.4) is 0 Å². The van der Waals surface area contributed by atoms with E-state index in [1.54, 1.807) is 12.4 Å². The zero-order valence-electron chi connectivity index (χ0n) is 11.6. The summed E-state index contributed by atoms with van der Waals surface area (Å²) in [5.74, 6) is 1.64. The molecule has 0 radical (unpaired) electrons.